The first-order valence-corrected chi connectivity index (χ1v) is 11.7. The van der Waals surface area contributed by atoms with Gasteiger partial charge in [-0.1, -0.05) is 51.3 Å². The molecular formula is C25H15BrCl2N4O3. The van der Waals surface area contributed by atoms with E-state index in [0.717, 1.165) is 16.1 Å². The number of hydrogen-bond donors (Lipinski definition) is 1. The minimum atomic E-state index is -0.778. The Morgan fingerprint density at radius 1 is 1.17 bits per heavy atom. The lowest BCUT2D eigenvalue weighted by Gasteiger charge is -2.12. The lowest BCUT2D eigenvalue weighted by Crippen LogP contribution is -2.20. The van der Waals surface area contributed by atoms with Crippen LogP contribution in [-0.4, -0.2) is 15.3 Å². The molecule has 2 aromatic heterocycles. The van der Waals surface area contributed by atoms with Gasteiger partial charge in [0.1, 0.15) is 28.6 Å². The van der Waals surface area contributed by atoms with E-state index < -0.39 is 11.5 Å². The van der Waals surface area contributed by atoms with E-state index in [2.05, 4.69) is 26.2 Å². The molecule has 0 fully saturated rings. The Hall–Kier alpha value is -3.64. The number of rotatable bonds is 5. The monoisotopic (exact) mass is 568 g/mol. The lowest BCUT2D eigenvalue weighted by molar-refractivity contribution is -0.112. The summed E-state index contributed by atoms with van der Waals surface area (Å²) in [6.45, 7) is 1.81. The van der Waals surface area contributed by atoms with Gasteiger partial charge in [-0.05, 0) is 61.0 Å². The Kier molecular flexibility index (Phi) is 7.22. The molecule has 174 valence electrons. The Balaban J connectivity index is 1.83. The van der Waals surface area contributed by atoms with Gasteiger partial charge in [0.05, 0.1) is 15.7 Å². The highest BCUT2D eigenvalue weighted by Crippen LogP contribution is 2.30. The highest BCUT2D eigenvalue weighted by atomic mass is 79.9. The lowest BCUT2D eigenvalue weighted by atomic mass is 10.1. The van der Waals surface area contributed by atoms with Crippen molar-refractivity contribution in [3.63, 3.8) is 0 Å². The van der Waals surface area contributed by atoms with E-state index in [-0.39, 0.29) is 32.7 Å². The Morgan fingerprint density at radius 2 is 1.91 bits per heavy atom. The van der Waals surface area contributed by atoms with Crippen LogP contribution in [0, 0.1) is 18.3 Å². The topological polar surface area (TPSA) is 96.5 Å². The molecule has 10 heteroatoms. The van der Waals surface area contributed by atoms with Crippen molar-refractivity contribution in [2.75, 3.05) is 5.32 Å². The summed E-state index contributed by atoms with van der Waals surface area (Å²) in [5, 5.41) is 12.6. The number of carbonyl (C=O) groups is 1. The van der Waals surface area contributed by atoms with Crippen LogP contribution in [0.4, 0.5) is 5.69 Å². The molecule has 2 heterocycles. The van der Waals surface area contributed by atoms with Gasteiger partial charge in [-0.25, -0.2) is 0 Å². The molecule has 0 unspecified atom stereocenters. The summed E-state index contributed by atoms with van der Waals surface area (Å²) in [5.41, 5.74) is 0.422. The van der Waals surface area contributed by atoms with Gasteiger partial charge in [-0.15, -0.1) is 0 Å². The fraction of sp³-hybridized carbons (Fsp3) is 0.0400. The van der Waals surface area contributed by atoms with Crippen molar-refractivity contribution in [3.8, 4) is 17.7 Å². The Morgan fingerprint density at radius 3 is 2.63 bits per heavy atom. The number of nitrogens with one attached hydrogen (secondary N) is 1. The van der Waals surface area contributed by atoms with Crippen molar-refractivity contribution >= 4 is 62.4 Å². The first-order valence-electron chi connectivity index (χ1n) is 10.1. The molecule has 4 aromatic rings. The number of hydrogen-bond acceptors (Lipinski definition) is 5. The van der Waals surface area contributed by atoms with Crippen LogP contribution < -0.4 is 15.6 Å². The Labute approximate surface area is 218 Å². The maximum atomic E-state index is 13.4. The third kappa shape index (κ3) is 5.23. The number of aryl methyl sites for hydroxylation is 1. The van der Waals surface area contributed by atoms with E-state index in [0.29, 0.717) is 11.4 Å². The van der Waals surface area contributed by atoms with Gasteiger partial charge < -0.3 is 10.1 Å². The molecule has 0 aliphatic heterocycles. The molecule has 0 radical (unpaired) electrons. The number of benzene rings is 2. The summed E-state index contributed by atoms with van der Waals surface area (Å²) < 4.78 is 8.09. The van der Waals surface area contributed by atoms with Crippen molar-refractivity contribution in [2.24, 2.45) is 0 Å². The van der Waals surface area contributed by atoms with Crippen molar-refractivity contribution < 1.29 is 9.53 Å². The normalized spacial score (nSPS) is 11.2. The average Bonchev–Trinajstić information content (AvgIpc) is 2.84. The standard InChI is InChI=1S/C25H15BrCl2N4O3/c1-14-4-3-11-32-22(14)31-24(35-17-9-7-16(26)8-10-17)18(25(32)34)12-15(13-29)23(33)30-20-6-2-5-19(27)21(20)28/h2-12H,1H3,(H,30,33)/b15-12-. The van der Waals surface area contributed by atoms with Crippen LogP contribution in [-0.2, 0) is 4.79 Å². The SMILES string of the molecule is Cc1cccn2c(=O)c(/C=C(/C#N)C(=O)Nc3cccc(Cl)c3Cl)c(Oc3ccc(Br)cc3)nc12. The zero-order chi connectivity index (χ0) is 25.1. The number of anilines is 1. The quantitative estimate of drug-likeness (QED) is 0.221. The molecule has 2 aromatic carbocycles. The molecule has 0 spiro atoms. The summed E-state index contributed by atoms with van der Waals surface area (Å²) in [6, 6.07) is 17.0. The second-order valence-electron chi connectivity index (χ2n) is 7.30. The number of nitriles is 1. The molecule has 0 atom stereocenters. The molecule has 0 aliphatic rings. The predicted octanol–water partition coefficient (Wildman–Crippen LogP) is 6.41. The average molecular weight is 570 g/mol. The second kappa shape index (κ2) is 10.3. The van der Waals surface area contributed by atoms with E-state index in [9.17, 15) is 14.9 Å². The van der Waals surface area contributed by atoms with E-state index in [1.807, 2.05) is 19.1 Å². The van der Waals surface area contributed by atoms with Gasteiger partial charge in [0, 0.05) is 10.7 Å². The molecule has 1 N–H and O–H groups in total. The second-order valence-corrected chi connectivity index (χ2v) is 9.00. The maximum absolute atomic E-state index is 13.4. The zero-order valence-corrected chi connectivity index (χ0v) is 21.1. The van der Waals surface area contributed by atoms with Crippen LogP contribution in [0.15, 0.2) is 75.6 Å². The summed E-state index contributed by atoms with van der Waals surface area (Å²) in [5.74, 6) is -0.408. The number of pyridine rings is 1. The fourth-order valence-corrected chi connectivity index (χ4v) is 3.80. The summed E-state index contributed by atoms with van der Waals surface area (Å²) in [7, 11) is 0. The fourth-order valence-electron chi connectivity index (χ4n) is 3.19. The van der Waals surface area contributed by atoms with E-state index in [4.69, 9.17) is 27.9 Å². The molecule has 0 saturated carbocycles. The van der Waals surface area contributed by atoms with Gasteiger partial charge in [0.15, 0.2) is 0 Å². The van der Waals surface area contributed by atoms with Crippen LogP contribution >= 0.6 is 39.1 Å². The molecular weight excluding hydrogens is 555 g/mol. The predicted molar refractivity (Wildman–Crippen MR) is 139 cm³/mol. The number of amides is 1. The molecule has 0 aliphatic carbocycles. The van der Waals surface area contributed by atoms with Crippen LogP contribution in [0.3, 0.4) is 0 Å². The van der Waals surface area contributed by atoms with Crippen molar-refractivity contribution in [1.82, 2.24) is 9.38 Å². The molecule has 4 rings (SSSR count). The van der Waals surface area contributed by atoms with Crippen LogP contribution in [0.5, 0.6) is 11.6 Å². The third-order valence-electron chi connectivity index (χ3n) is 4.93. The first kappa shape index (κ1) is 24.5. The number of halogens is 3. The van der Waals surface area contributed by atoms with E-state index in [1.165, 1.54) is 4.40 Å². The summed E-state index contributed by atoms with van der Waals surface area (Å²) in [4.78, 5) is 30.8. The van der Waals surface area contributed by atoms with E-state index in [1.54, 1.807) is 54.7 Å². The van der Waals surface area contributed by atoms with Gasteiger partial charge >= 0.3 is 0 Å². The Bertz CT molecular complexity index is 1590. The number of nitrogens with zero attached hydrogens (tertiary/aromatic N) is 3. The molecule has 0 saturated heterocycles. The zero-order valence-electron chi connectivity index (χ0n) is 18.1. The molecule has 0 bridgehead atoms. The molecule has 7 nitrogen and oxygen atoms in total. The minimum absolute atomic E-state index is 0.0482. The number of aromatic nitrogens is 2. The third-order valence-corrected chi connectivity index (χ3v) is 6.28. The van der Waals surface area contributed by atoms with Crippen molar-refractivity contribution in [1.29, 1.82) is 5.26 Å². The van der Waals surface area contributed by atoms with Crippen molar-refractivity contribution in [3.05, 3.63) is 102 Å². The van der Waals surface area contributed by atoms with Gasteiger partial charge in [-0.3, -0.25) is 14.0 Å². The molecule has 1 amide bonds. The minimum Gasteiger partial charge on any atom is -0.438 e. The van der Waals surface area contributed by atoms with E-state index >= 15 is 0 Å². The van der Waals surface area contributed by atoms with Gasteiger partial charge in [0.25, 0.3) is 11.5 Å². The van der Waals surface area contributed by atoms with Gasteiger partial charge in [0.2, 0.25) is 5.88 Å². The summed E-state index contributed by atoms with van der Waals surface area (Å²) >= 11 is 15.5. The van der Waals surface area contributed by atoms with Gasteiger partial charge in [-0.2, -0.15) is 10.2 Å². The highest BCUT2D eigenvalue weighted by Gasteiger charge is 2.19. The highest BCUT2D eigenvalue weighted by molar-refractivity contribution is 9.10. The van der Waals surface area contributed by atoms with Crippen LogP contribution in [0.2, 0.25) is 10.0 Å². The summed E-state index contributed by atoms with van der Waals surface area (Å²) in [6.07, 6.45) is 2.70. The molecule has 35 heavy (non-hydrogen) atoms. The number of carbonyl (C=O) groups excluding carboxylic acids is 1. The largest absolute Gasteiger partial charge is 0.438 e. The van der Waals surface area contributed by atoms with Crippen LogP contribution in [0.1, 0.15) is 11.1 Å². The maximum Gasteiger partial charge on any atom is 0.269 e. The first-order chi connectivity index (χ1) is 16.8. The van der Waals surface area contributed by atoms with Crippen LogP contribution in [0.25, 0.3) is 11.7 Å². The number of fused-ring (bicyclic) bond motifs is 1. The van der Waals surface area contributed by atoms with Crippen molar-refractivity contribution in [2.45, 2.75) is 6.92 Å². The smallest absolute Gasteiger partial charge is 0.269 e. The number of ether oxygens (including phenoxy) is 1.